The Balaban J connectivity index is 1.78. The molecule has 27 heavy (non-hydrogen) atoms. The highest BCUT2D eigenvalue weighted by atomic mass is 16.2. The van der Waals surface area contributed by atoms with E-state index in [-0.39, 0.29) is 17.9 Å². The summed E-state index contributed by atoms with van der Waals surface area (Å²) in [6.07, 6.45) is 1.19. The molecule has 4 heteroatoms. The molecule has 1 aliphatic rings. The molecular weight excluding hydrogens is 336 g/mol. The fourth-order valence-corrected chi connectivity index (χ4v) is 3.94. The second kappa shape index (κ2) is 7.95. The summed E-state index contributed by atoms with van der Waals surface area (Å²) < 4.78 is 0. The standard InChI is InChI=1S/C23H28N2O2/c1-16(2)20-10-6-8-12-22(20)24(18(4)26)14-13-23(27)25-17(3)15-19-9-5-7-11-21(19)25/h5-12,16-17H,13-15H2,1-4H3. The maximum absolute atomic E-state index is 13.0. The van der Waals surface area contributed by atoms with Crippen molar-refractivity contribution in [1.29, 1.82) is 0 Å². The number of hydrogen-bond donors (Lipinski definition) is 0. The number of carbonyl (C=O) groups excluding carboxylic acids is 2. The fraction of sp³-hybridized carbons (Fsp3) is 0.391. The molecule has 1 atom stereocenters. The Labute approximate surface area is 161 Å². The summed E-state index contributed by atoms with van der Waals surface area (Å²) in [6, 6.07) is 16.2. The Hall–Kier alpha value is -2.62. The van der Waals surface area contributed by atoms with Crippen LogP contribution in [0.1, 0.15) is 51.2 Å². The van der Waals surface area contributed by atoms with Crippen LogP contribution >= 0.6 is 0 Å². The van der Waals surface area contributed by atoms with Crippen molar-refractivity contribution in [2.24, 2.45) is 0 Å². The average molecular weight is 364 g/mol. The minimum absolute atomic E-state index is 0.0363. The molecule has 0 spiro atoms. The van der Waals surface area contributed by atoms with E-state index in [2.05, 4.69) is 32.9 Å². The summed E-state index contributed by atoms with van der Waals surface area (Å²) in [5, 5.41) is 0. The van der Waals surface area contributed by atoms with Gasteiger partial charge in [-0.1, -0.05) is 50.2 Å². The first-order valence-electron chi connectivity index (χ1n) is 9.67. The number of hydrogen-bond acceptors (Lipinski definition) is 2. The number of anilines is 2. The zero-order valence-electron chi connectivity index (χ0n) is 16.6. The van der Waals surface area contributed by atoms with E-state index in [9.17, 15) is 9.59 Å². The molecule has 2 aromatic rings. The van der Waals surface area contributed by atoms with Crippen LogP contribution in [0.15, 0.2) is 48.5 Å². The van der Waals surface area contributed by atoms with Crippen LogP contribution in [0.5, 0.6) is 0 Å². The van der Waals surface area contributed by atoms with Gasteiger partial charge in [-0.05, 0) is 42.5 Å². The zero-order valence-corrected chi connectivity index (χ0v) is 16.6. The van der Waals surface area contributed by atoms with Gasteiger partial charge in [0.15, 0.2) is 0 Å². The van der Waals surface area contributed by atoms with Gasteiger partial charge in [-0.25, -0.2) is 0 Å². The van der Waals surface area contributed by atoms with Gasteiger partial charge < -0.3 is 9.80 Å². The first-order chi connectivity index (χ1) is 12.9. The second-order valence-electron chi connectivity index (χ2n) is 7.58. The van der Waals surface area contributed by atoms with Gasteiger partial charge in [0, 0.05) is 37.3 Å². The predicted octanol–water partition coefficient (Wildman–Crippen LogP) is 4.53. The third kappa shape index (κ3) is 3.90. The second-order valence-corrected chi connectivity index (χ2v) is 7.58. The van der Waals surface area contributed by atoms with E-state index in [1.807, 2.05) is 41.3 Å². The van der Waals surface area contributed by atoms with Crippen molar-refractivity contribution in [2.45, 2.75) is 52.5 Å². The number of nitrogens with zero attached hydrogens (tertiary/aromatic N) is 2. The van der Waals surface area contributed by atoms with E-state index in [0.29, 0.717) is 18.9 Å². The number of amides is 2. The van der Waals surface area contributed by atoms with Gasteiger partial charge in [-0.2, -0.15) is 0 Å². The number of rotatable bonds is 5. The van der Waals surface area contributed by atoms with Gasteiger partial charge in [0.05, 0.1) is 0 Å². The summed E-state index contributed by atoms with van der Waals surface area (Å²) in [6.45, 7) is 8.27. The van der Waals surface area contributed by atoms with Crippen molar-refractivity contribution in [3.05, 3.63) is 59.7 Å². The number of benzene rings is 2. The maximum atomic E-state index is 13.0. The smallest absolute Gasteiger partial charge is 0.229 e. The van der Waals surface area contributed by atoms with Crippen LogP contribution in [0, 0.1) is 0 Å². The minimum Gasteiger partial charge on any atom is -0.312 e. The molecule has 0 radical (unpaired) electrons. The highest BCUT2D eigenvalue weighted by Gasteiger charge is 2.30. The highest BCUT2D eigenvalue weighted by Crippen LogP contribution is 2.33. The van der Waals surface area contributed by atoms with Crippen LogP contribution in [0.3, 0.4) is 0 Å². The lowest BCUT2D eigenvalue weighted by Gasteiger charge is -2.27. The summed E-state index contributed by atoms with van der Waals surface area (Å²) >= 11 is 0. The van der Waals surface area contributed by atoms with Gasteiger partial charge in [0.2, 0.25) is 11.8 Å². The Morgan fingerprint density at radius 3 is 2.48 bits per heavy atom. The lowest BCUT2D eigenvalue weighted by molar-refractivity contribution is -0.119. The van der Waals surface area contributed by atoms with Crippen molar-refractivity contribution < 1.29 is 9.59 Å². The lowest BCUT2D eigenvalue weighted by Crippen LogP contribution is -2.39. The molecule has 142 valence electrons. The SMILES string of the molecule is CC(=O)N(CCC(=O)N1c2ccccc2CC1C)c1ccccc1C(C)C. The average Bonchev–Trinajstić information content (AvgIpc) is 2.97. The van der Waals surface area contributed by atoms with Gasteiger partial charge in [0.25, 0.3) is 0 Å². The monoisotopic (exact) mass is 364 g/mol. The normalized spacial score (nSPS) is 15.7. The number of fused-ring (bicyclic) bond motifs is 1. The van der Waals surface area contributed by atoms with Crippen LogP contribution in [0.4, 0.5) is 11.4 Å². The molecule has 0 bridgehead atoms. The molecule has 1 aliphatic heterocycles. The molecule has 0 fully saturated rings. The number of para-hydroxylation sites is 2. The minimum atomic E-state index is -0.0363. The topological polar surface area (TPSA) is 40.6 Å². The summed E-state index contributed by atoms with van der Waals surface area (Å²) in [5.74, 6) is 0.343. The fourth-order valence-electron chi connectivity index (χ4n) is 3.94. The van der Waals surface area contributed by atoms with Crippen molar-refractivity contribution >= 4 is 23.2 Å². The van der Waals surface area contributed by atoms with E-state index in [1.165, 1.54) is 5.56 Å². The molecule has 0 saturated carbocycles. The molecule has 4 nitrogen and oxygen atoms in total. The van der Waals surface area contributed by atoms with Crippen LogP contribution in [-0.4, -0.2) is 24.4 Å². The molecule has 0 N–H and O–H groups in total. The number of carbonyl (C=O) groups is 2. The van der Waals surface area contributed by atoms with Crippen molar-refractivity contribution in [3.63, 3.8) is 0 Å². The molecule has 1 unspecified atom stereocenters. The molecule has 2 aromatic carbocycles. The summed E-state index contributed by atoms with van der Waals surface area (Å²) in [4.78, 5) is 28.9. The first-order valence-corrected chi connectivity index (χ1v) is 9.67. The summed E-state index contributed by atoms with van der Waals surface area (Å²) in [7, 11) is 0. The van der Waals surface area contributed by atoms with E-state index in [4.69, 9.17) is 0 Å². The van der Waals surface area contributed by atoms with Crippen LogP contribution in [0.2, 0.25) is 0 Å². The maximum Gasteiger partial charge on any atom is 0.229 e. The van der Waals surface area contributed by atoms with Crippen molar-refractivity contribution in [3.8, 4) is 0 Å². The van der Waals surface area contributed by atoms with E-state index < -0.39 is 0 Å². The van der Waals surface area contributed by atoms with Crippen molar-refractivity contribution in [2.75, 3.05) is 16.3 Å². The molecule has 2 amide bonds. The molecule has 3 rings (SSSR count). The highest BCUT2D eigenvalue weighted by molar-refractivity contribution is 5.98. The Bertz CT molecular complexity index is 844. The molecule has 1 heterocycles. The third-order valence-electron chi connectivity index (χ3n) is 5.25. The quantitative estimate of drug-likeness (QED) is 0.782. The third-order valence-corrected chi connectivity index (χ3v) is 5.25. The molecular formula is C23H28N2O2. The van der Waals surface area contributed by atoms with Crippen molar-refractivity contribution in [1.82, 2.24) is 0 Å². The van der Waals surface area contributed by atoms with Crippen LogP contribution in [0.25, 0.3) is 0 Å². The first kappa shape index (κ1) is 19.2. The lowest BCUT2D eigenvalue weighted by atomic mass is 10.00. The van der Waals surface area contributed by atoms with Gasteiger partial charge >= 0.3 is 0 Å². The van der Waals surface area contributed by atoms with Gasteiger partial charge in [-0.15, -0.1) is 0 Å². The van der Waals surface area contributed by atoms with E-state index >= 15 is 0 Å². The Morgan fingerprint density at radius 1 is 1.11 bits per heavy atom. The predicted molar refractivity (Wildman–Crippen MR) is 110 cm³/mol. The largest absolute Gasteiger partial charge is 0.312 e. The Kier molecular flexibility index (Phi) is 5.64. The van der Waals surface area contributed by atoms with Crippen LogP contribution in [-0.2, 0) is 16.0 Å². The van der Waals surface area contributed by atoms with E-state index in [0.717, 1.165) is 23.4 Å². The van der Waals surface area contributed by atoms with Crippen LogP contribution < -0.4 is 9.80 Å². The van der Waals surface area contributed by atoms with E-state index in [1.54, 1.807) is 11.8 Å². The van der Waals surface area contributed by atoms with Gasteiger partial charge in [-0.3, -0.25) is 9.59 Å². The molecule has 0 saturated heterocycles. The van der Waals surface area contributed by atoms with Gasteiger partial charge in [0.1, 0.15) is 0 Å². The molecule has 0 aromatic heterocycles. The summed E-state index contributed by atoms with van der Waals surface area (Å²) in [5.41, 5.74) is 4.25. The molecule has 0 aliphatic carbocycles. The zero-order chi connectivity index (χ0) is 19.6. The Morgan fingerprint density at radius 2 is 1.78 bits per heavy atom.